The quantitative estimate of drug-likeness (QED) is 0.730. The Hall–Kier alpha value is -1.95. The van der Waals surface area contributed by atoms with Crippen LogP contribution in [0.3, 0.4) is 0 Å². The van der Waals surface area contributed by atoms with E-state index in [1.807, 2.05) is 11.6 Å². The van der Waals surface area contributed by atoms with Crippen LogP contribution in [-0.2, 0) is 7.05 Å². The minimum absolute atomic E-state index is 0.0384. The summed E-state index contributed by atoms with van der Waals surface area (Å²) < 4.78 is 4.70. The zero-order valence-corrected chi connectivity index (χ0v) is 11.9. The Kier molecular flexibility index (Phi) is 2.74. The zero-order valence-electron chi connectivity index (χ0n) is 11.1. The first kappa shape index (κ1) is 12.1. The normalized spacial score (nSPS) is 13.0. The van der Waals surface area contributed by atoms with Crippen molar-refractivity contribution in [3.63, 3.8) is 0 Å². The average Bonchev–Trinajstić information content (AvgIpc) is 2.90. The van der Waals surface area contributed by atoms with Crippen molar-refractivity contribution in [1.29, 1.82) is 0 Å². The maximum absolute atomic E-state index is 5.44. The fourth-order valence-electron chi connectivity index (χ4n) is 2.42. The number of aryl methyl sites for hydroxylation is 2. The van der Waals surface area contributed by atoms with Crippen LogP contribution >= 0.6 is 12.2 Å². The summed E-state index contributed by atoms with van der Waals surface area (Å²) in [5.74, 6) is 0.887. The van der Waals surface area contributed by atoms with E-state index in [2.05, 4.69) is 51.8 Å². The molecule has 0 saturated carbocycles. The van der Waals surface area contributed by atoms with E-state index < -0.39 is 0 Å². The number of H-pyrrole nitrogens is 1. The summed E-state index contributed by atoms with van der Waals surface area (Å²) in [6.45, 7) is 4.15. The standard InChI is InChI=1S/C13H15N5S/c1-8-4-5-11-10(6-8)15-13(19)18(11)9(2)12-16-14-7-17(12)3/h4-7,9H,1-3H3,(H,15,19). The minimum Gasteiger partial charge on any atom is -0.331 e. The average molecular weight is 273 g/mol. The molecule has 1 N–H and O–H groups in total. The highest BCUT2D eigenvalue weighted by molar-refractivity contribution is 7.71. The monoisotopic (exact) mass is 273 g/mol. The van der Waals surface area contributed by atoms with Crippen molar-refractivity contribution in [3.8, 4) is 0 Å². The summed E-state index contributed by atoms with van der Waals surface area (Å²) >= 11 is 5.44. The predicted molar refractivity (Wildman–Crippen MR) is 76.7 cm³/mol. The molecule has 0 bridgehead atoms. The summed E-state index contributed by atoms with van der Waals surface area (Å²) in [6.07, 6.45) is 1.70. The molecule has 98 valence electrons. The summed E-state index contributed by atoms with van der Waals surface area (Å²) in [5, 5.41) is 8.10. The van der Waals surface area contributed by atoms with Crippen LogP contribution in [0.2, 0.25) is 0 Å². The zero-order chi connectivity index (χ0) is 13.6. The van der Waals surface area contributed by atoms with Crippen molar-refractivity contribution in [2.24, 2.45) is 7.05 Å². The molecule has 0 amide bonds. The molecule has 0 fully saturated rings. The molecule has 1 aromatic carbocycles. The van der Waals surface area contributed by atoms with Gasteiger partial charge in [-0.1, -0.05) is 6.07 Å². The van der Waals surface area contributed by atoms with Crippen molar-refractivity contribution >= 4 is 23.3 Å². The molecule has 0 saturated heterocycles. The van der Waals surface area contributed by atoms with Crippen LogP contribution in [0, 0.1) is 11.7 Å². The van der Waals surface area contributed by atoms with Crippen LogP contribution in [0.5, 0.6) is 0 Å². The van der Waals surface area contributed by atoms with Crippen molar-refractivity contribution < 1.29 is 0 Å². The largest absolute Gasteiger partial charge is 0.331 e. The van der Waals surface area contributed by atoms with Gasteiger partial charge in [0.15, 0.2) is 10.6 Å². The molecule has 5 nitrogen and oxygen atoms in total. The van der Waals surface area contributed by atoms with E-state index in [-0.39, 0.29) is 6.04 Å². The molecule has 6 heteroatoms. The first-order valence-electron chi connectivity index (χ1n) is 6.12. The molecular formula is C13H15N5S. The number of nitrogens with zero attached hydrogens (tertiary/aromatic N) is 4. The first-order valence-corrected chi connectivity index (χ1v) is 6.53. The number of nitrogens with one attached hydrogen (secondary N) is 1. The van der Waals surface area contributed by atoms with Crippen molar-refractivity contribution in [2.45, 2.75) is 19.9 Å². The van der Waals surface area contributed by atoms with Crippen molar-refractivity contribution in [3.05, 3.63) is 40.7 Å². The van der Waals surface area contributed by atoms with Crippen molar-refractivity contribution in [1.82, 2.24) is 24.3 Å². The highest BCUT2D eigenvalue weighted by Crippen LogP contribution is 2.23. The molecule has 1 atom stereocenters. The number of hydrogen-bond donors (Lipinski definition) is 1. The van der Waals surface area contributed by atoms with Crippen LogP contribution in [0.1, 0.15) is 24.4 Å². The lowest BCUT2D eigenvalue weighted by Crippen LogP contribution is -2.12. The molecular weight excluding hydrogens is 258 g/mol. The molecule has 3 rings (SSSR count). The summed E-state index contributed by atoms with van der Waals surface area (Å²) in [4.78, 5) is 3.25. The lowest BCUT2D eigenvalue weighted by atomic mass is 10.2. The Morgan fingerprint density at radius 1 is 1.37 bits per heavy atom. The van der Waals surface area contributed by atoms with Crippen LogP contribution in [0.25, 0.3) is 11.0 Å². The molecule has 3 aromatic rings. The van der Waals surface area contributed by atoms with E-state index in [0.717, 1.165) is 16.9 Å². The Morgan fingerprint density at radius 2 is 2.16 bits per heavy atom. The van der Waals surface area contributed by atoms with E-state index in [4.69, 9.17) is 12.2 Å². The van der Waals surface area contributed by atoms with E-state index in [9.17, 15) is 0 Å². The number of benzene rings is 1. The number of aromatic amines is 1. The Bertz CT molecular complexity index is 795. The van der Waals surface area contributed by atoms with Gasteiger partial charge >= 0.3 is 0 Å². The van der Waals surface area contributed by atoms with Crippen LogP contribution < -0.4 is 0 Å². The Balaban J connectivity index is 2.23. The van der Waals surface area contributed by atoms with E-state index >= 15 is 0 Å². The lowest BCUT2D eigenvalue weighted by Gasteiger charge is -2.13. The molecule has 0 aliphatic heterocycles. The van der Waals surface area contributed by atoms with Crippen LogP contribution in [0.15, 0.2) is 24.5 Å². The summed E-state index contributed by atoms with van der Waals surface area (Å²) in [7, 11) is 1.94. The van der Waals surface area contributed by atoms with Gasteiger partial charge in [0, 0.05) is 7.05 Å². The molecule has 0 aliphatic carbocycles. The highest BCUT2D eigenvalue weighted by atomic mass is 32.1. The highest BCUT2D eigenvalue weighted by Gasteiger charge is 2.17. The number of fused-ring (bicyclic) bond motifs is 1. The number of rotatable bonds is 2. The van der Waals surface area contributed by atoms with Crippen LogP contribution in [0.4, 0.5) is 0 Å². The molecule has 0 spiro atoms. The molecule has 2 heterocycles. The lowest BCUT2D eigenvalue weighted by molar-refractivity contribution is 0.581. The van der Waals surface area contributed by atoms with Gasteiger partial charge in [0.2, 0.25) is 0 Å². The van der Waals surface area contributed by atoms with Gasteiger partial charge in [0.1, 0.15) is 6.33 Å². The predicted octanol–water partition coefficient (Wildman–Crippen LogP) is 2.75. The second kappa shape index (κ2) is 4.31. The van der Waals surface area contributed by atoms with Gasteiger partial charge in [-0.2, -0.15) is 0 Å². The fourth-order valence-corrected chi connectivity index (χ4v) is 2.78. The maximum atomic E-state index is 5.44. The summed E-state index contributed by atoms with van der Waals surface area (Å²) in [5.41, 5.74) is 3.35. The third kappa shape index (κ3) is 1.88. The van der Waals surface area contributed by atoms with Crippen molar-refractivity contribution in [2.75, 3.05) is 0 Å². The van der Waals surface area contributed by atoms with Gasteiger partial charge < -0.3 is 14.1 Å². The number of hydrogen-bond acceptors (Lipinski definition) is 3. The van der Waals surface area contributed by atoms with Gasteiger partial charge in [0.25, 0.3) is 0 Å². The first-order chi connectivity index (χ1) is 9.08. The maximum Gasteiger partial charge on any atom is 0.178 e. The van der Waals surface area contributed by atoms with Gasteiger partial charge in [-0.05, 0) is 43.8 Å². The van der Waals surface area contributed by atoms with Gasteiger partial charge in [-0.3, -0.25) is 0 Å². The second-order valence-corrected chi connectivity index (χ2v) is 5.18. The topological polar surface area (TPSA) is 51.4 Å². The fraction of sp³-hybridized carbons (Fsp3) is 0.308. The minimum atomic E-state index is 0.0384. The molecule has 0 radical (unpaired) electrons. The third-order valence-electron chi connectivity index (χ3n) is 3.38. The third-order valence-corrected chi connectivity index (χ3v) is 3.68. The van der Waals surface area contributed by atoms with Gasteiger partial charge in [-0.15, -0.1) is 10.2 Å². The molecule has 2 aromatic heterocycles. The molecule has 0 aliphatic rings. The number of imidazole rings is 1. The number of aromatic nitrogens is 5. The second-order valence-electron chi connectivity index (χ2n) is 4.80. The van der Waals surface area contributed by atoms with Gasteiger partial charge in [0.05, 0.1) is 17.1 Å². The van der Waals surface area contributed by atoms with E-state index in [1.165, 1.54) is 5.56 Å². The SMILES string of the molecule is Cc1ccc2c(c1)[nH]c(=S)n2C(C)c1nncn1C. The Morgan fingerprint density at radius 3 is 2.84 bits per heavy atom. The van der Waals surface area contributed by atoms with Gasteiger partial charge in [-0.25, -0.2) is 0 Å². The Labute approximate surface area is 115 Å². The summed E-state index contributed by atoms with van der Waals surface area (Å²) in [6, 6.07) is 6.32. The van der Waals surface area contributed by atoms with E-state index in [1.54, 1.807) is 6.33 Å². The van der Waals surface area contributed by atoms with Crippen LogP contribution in [-0.4, -0.2) is 24.3 Å². The van der Waals surface area contributed by atoms with E-state index in [0.29, 0.717) is 4.77 Å². The molecule has 1 unspecified atom stereocenters. The molecule has 19 heavy (non-hydrogen) atoms. The smallest absolute Gasteiger partial charge is 0.178 e.